The monoisotopic (exact) mass is 394 g/mol. The van der Waals surface area contributed by atoms with Gasteiger partial charge in [-0.25, -0.2) is 0 Å². The average molecular weight is 395 g/mol. The molecule has 0 spiro atoms. The van der Waals surface area contributed by atoms with Crippen LogP contribution < -0.4 is 4.90 Å². The van der Waals surface area contributed by atoms with E-state index in [0.717, 1.165) is 42.7 Å². The van der Waals surface area contributed by atoms with Crippen LogP contribution in [-0.4, -0.2) is 34.7 Å². The first-order chi connectivity index (χ1) is 13.5. The van der Waals surface area contributed by atoms with Crippen molar-refractivity contribution in [1.29, 1.82) is 0 Å². The highest BCUT2D eigenvalue weighted by atomic mass is 35.5. The lowest BCUT2D eigenvalue weighted by Crippen LogP contribution is -2.41. The summed E-state index contributed by atoms with van der Waals surface area (Å²) in [7, 11) is 2.15. The van der Waals surface area contributed by atoms with Crippen LogP contribution in [-0.2, 0) is 13.1 Å². The van der Waals surface area contributed by atoms with Crippen molar-refractivity contribution in [3.63, 3.8) is 0 Å². The van der Waals surface area contributed by atoms with Gasteiger partial charge in [0.25, 0.3) is 0 Å². The van der Waals surface area contributed by atoms with Crippen LogP contribution in [0.15, 0.2) is 54.9 Å². The van der Waals surface area contributed by atoms with Crippen LogP contribution in [0, 0.1) is 5.92 Å². The minimum absolute atomic E-state index is 0.612. The van der Waals surface area contributed by atoms with E-state index in [4.69, 9.17) is 11.6 Å². The Labute approximate surface area is 172 Å². The summed E-state index contributed by atoms with van der Waals surface area (Å²) < 4.78 is 2.18. The third-order valence-corrected chi connectivity index (χ3v) is 5.57. The number of nitrogens with zero attached hydrogens (tertiary/aromatic N) is 4. The number of pyridine rings is 1. The van der Waals surface area contributed by atoms with Crippen LogP contribution in [0.5, 0.6) is 0 Å². The van der Waals surface area contributed by atoms with E-state index in [2.05, 4.69) is 70.7 Å². The van der Waals surface area contributed by atoms with Gasteiger partial charge in [0, 0.05) is 43.2 Å². The molecule has 1 aromatic carbocycles. The zero-order chi connectivity index (χ0) is 19.7. The molecule has 0 aliphatic carbocycles. The summed E-state index contributed by atoms with van der Waals surface area (Å²) in [5, 5.41) is 0.851. The van der Waals surface area contributed by atoms with E-state index in [9.17, 15) is 0 Å². The van der Waals surface area contributed by atoms with Crippen molar-refractivity contribution in [2.45, 2.75) is 26.9 Å². The van der Waals surface area contributed by atoms with Gasteiger partial charge in [-0.3, -0.25) is 9.88 Å². The highest BCUT2D eigenvalue weighted by Crippen LogP contribution is 2.35. The number of fused-ring (bicyclic) bond motifs is 1. The zero-order valence-electron chi connectivity index (χ0n) is 16.8. The maximum Gasteiger partial charge on any atom is 0.115 e. The fourth-order valence-electron chi connectivity index (χ4n) is 3.89. The van der Waals surface area contributed by atoms with Crippen LogP contribution in [0.1, 0.15) is 25.0 Å². The molecule has 2 aromatic heterocycles. The highest BCUT2D eigenvalue weighted by Gasteiger charge is 2.26. The SMILES string of the molecule is CC(C)CN1CN(C)Cc2c1cn(Cc1ccc(-c3ccccn3)cc1)c2Cl. The summed E-state index contributed by atoms with van der Waals surface area (Å²) in [5.74, 6) is 0.612. The molecular formula is C23H27ClN4. The number of benzene rings is 1. The second kappa shape index (κ2) is 7.98. The maximum atomic E-state index is 6.79. The molecule has 3 aromatic rings. The number of hydrogen-bond donors (Lipinski definition) is 0. The van der Waals surface area contributed by atoms with Gasteiger partial charge < -0.3 is 9.47 Å². The molecule has 0 N–H and O–H groups in total. The predicted octanol–water partition coefficient (Wildman–Crippen LogP) is 5.12. The molecule has 0 saturated heterocycles. The Balaban J connectivity index is 1.57. The standard InChI is InChI=1S/C23H27ClN4/c1-17(2)12-28-16-26(3)14-20-22(28)15-27(23(20)24)13-18-7-9-19(10-8-18)21-6-4-5-11-25-21/h4-11,15,17H,12-14,16H2,1-3H3. The Morgan fingerprint density at radius 1 is 1.11 bits per heavy atom. The van der Waals surface area contributed by atoms with Gasteiger partial charge >= 0.3 is 0 Å². The van der Waals surface area contributed by atoms with Gasteiger partial charge in [-0.05, 0) is 30.7 Å². The largest absolute Gasteiger partial charge is 0.357 e. The lowest BCUT2D eigenvalue weighted by Gasteiger charge is -2.35. The van der Waals surface area contributed by atoms with Gasteiger partial charge in [0.05, 0.1) is 18.1 Å². The van der Waals surface area contributed by atoms with Gasteiger partial charge in [0.2, 0.25) is 0 Å². The first-order valence-corrected chi connectivity index (χ1v) is 10.2. The summed E-state index contributed by atoms with van der Waals surface area (Å²) >= 11 is 6.79. The summed E-state index contributed by atoms with van der Waals surface area (Å²) in [5.41, 5.74) is 5.88. The van der Waals surface area contributed by atoms with Crippen molar-refractivity contribution in [2.75, 3.05) is 25.2 Å². The fourth-order valence-corrected chi connectivity index (χ4v) is 4.16. The number of anilines is 1. The zero-order valence-corrected chi connectivity index (χ0v) is 17.5. The first kappa shape index (κ1) is 19.0. The molecule has 4 nitrogen and oxygen atoms in total. The molecule has 0 amide bonds. The lowest BCUT2D eigenvalue weighted by molar-refractivity contribution is 0.304. The minimum atomic E-state index is 0.612. The van der Waals surface area contributed by atoms with E-state index < -0.39 is 0 Å². The quantitative estimate of drug-likeness (QED) is 0.600. The second-order valence-electron chi connectivity index (χ2n) is 8.10. The van der Waals surface area contributed by atoms with E-state index >= 15 is 0 Å². The third-order valence-electron chi connectivity index (χ3n) is 5.12. The van der Waals surface area contributed by atoms with Gasteiger partial charge in [0.1, 0.15) is 5.15 Å². The molecule has 0 saturated carbocycles. The lowest BCUT2D eigenvalue weighted by atomic mass is 10.1. The smallest absolute Gasteiger partial charge is 0.115 e. The van der Waals surface area contributed by atoms with Gasteiger partial charge in [-0.1, -0.05) is 55.8 Å². The predicted molar refractivity (Wildman–Crippen MR) is 117 cm³/mol. The summed E-state index contributed by atoms with van der Waals surface area (Å²) in [6.45, 7) is 8.18. The fraction of sp³-hybridized carbons (Fsp3) is 0.348. The minimum Gasteiger partial charge on any atom is -0.357 e. The molecule has 0 unspecified atom stereocenters. The van der Waals surface area contributed by atoms with Crippen molar-refractivity contribution in [3.8, 4) is 11.3 Å². The van der Waals surface area contributed by atoms with Crippen molar-refractivity contribution in [1.82, 2.24) is 14.5 Å². The van der Waals surface area contributed by atoms with Crippen molar-refractivity contribution >= 4 is 17.3 Å². The molecule has 0 bridgehead atoms. The van der Waals surface area contributed by atoms with Crippen molar-refractivity contribution in [3.05, 3.63) is 71.1 Å². The average Bonchev–Trinajstić information content (AvgIpc) is 2.99. The first-order valence-electron chi connectivity index (χ1n) is 9.82. The van der Waals surface area contributed by atoms with Crippen LogP contribution in [0.25, 0.3) is 11.3 Å². The number of hydrogen-bond acceptors (Lipinski definition) is 3. The molecule has 5 heteroatoms. The van der Waals surface area contributed by atoms with Gasteiger partial charge in [-0.15, -0.1) is 0 Å². The maximum absolute atomic E-state index is 6.79. The van der Waals surface area contributed by atoms with Crippen LogP contribution >= 0.6 is 11.6 Å². The molecule has 146 valence electrons. The number of aromatic nitrogens is 2. The summed E-state index contributed by atoms with van der Waals surface area (Å²) in [6, 6.07) is 14.6. The Hall–Kier alpha value is -2.30. The van der Waals surface area contributed by atoms with E-state index in [1.165, 1.54) is 16.8 Å². The van der Waals surface area contributed by atoms with E-state index in [1.54, 1.807) is 0 Å². The van der Waals surface area contributed by atoms with Crippen molar-refractivity contribution in [2.24, 2.45) is 5.92 Å². The molecule has 1 aliphatic heterocycles. The Morgan fingerprint density at radius 3 is 2.57 bits per heavy atom. The molecule has 28 heavy (non-hydrogen) atoms. The Bertz CT molecular complexity index is 931. The van der Waals surface area contributed by atoms with Crippen LogP contribution in [0.2, 0.25) is 5.15 Å². The topological polar surface area (TPSA) is 24.3 Å². The van der Waals surface area contributed by atoms with Crippen molar-refractivity contribution < 1.29 is 0 Å². The normalized spacial score (nSPS) is 14.5. The Kier molecular flexibility index (Phi) is 5.42. The third kappa shape index (κ3) is 3.94. The number of halogens is 1. The van der Waals surface area contributed by atoms with E-state index in [1.807, 2.05) is 24.4 Å². The highest BCUT2D eigenvalue weighted by molar-refractivity contribution is 6.31. The van der Waals surface area contributed by atoms with E-state index in [-0.39, 0.29) is 0 Å². The molecule has 1 aliphatic rings. The van der Waals surface area contributed by atoms with Crippen LogP contribution in [0.3, 0.4) is 0 Å². The molecule has 4 rings (SSSR count). The molecular weight excluding hydrogens is 368 g/mol. The van der Waals surface area contributed by atoms with E-state index in [0.29, 0.717) is 5.92 Å². The van der Waals surface area contributed by atoms with Crippen LogP contribution in [0.4, 0.5) is 5.69 Å². The summed E-state index contributed by atoms with van der Waals surface area (Å²) in [4.78, 5) is 9.19. The molecule has 0 radical (unpaired) electrons. The molecule has 0 atom stereocenters. The Morgan fingerprint density at radius 2 is 1.89 bits per heavy atom. The van der Waals surface area contributed by atoms with Gasteiger partial charge in [-0.2, -0.15) is 0 Å². The second-order valence-corrected chi connectivity index (χ2v) is 8.45. The molecule has 3 heterocycles. The molecule has 0 fully saturated rings. The number of rotatable bonds is 5. The summed E-state index contributed by atoms with van der Waals surface area (Å²) in [6.07, 6.45) is 4.05. The van der Waals surface area contributed by atoms with Gasteiger partial charge in [0.15, 0.2) is 0 Å².